The van der Waals surface area contributed by atoms with E-state index in [0.29, 0.717) is 30.0 Å². The van der Waals surface area contributed by atoms with E-state index in [4.69, 9.17) is 5.26 Å². The first-order chi connectivity index (χ1) is 11.2. The van der Waals surface area contributed by atoms with Crippen molar-refractivity contribution in [2.45, 2.75) is 19.0 Å². The summed E-state index contributed by atoms with van der Waals surface area (Å²) in [5, 5.41) is 11.6. The maximum Gasteiger partial charge on any atom is 0.251 e. The molecule has 2 heterocycles. The fourth-order valence-electron chi connectivity index (χ4n) is 2.57. The molecule has 23 heavy (non-hydrogen) atoms. The molecule has 1 aromatic heterocycles. The van der Waals surface area contributed by atoms with Crippen LogP contribution in [0.3, 0.4) is 0 Å². The highest BCUT2D eigenvalue weighted by molar-refractivity contribution is 7.12. The first-order valence-electron chi connectivity index (χ1n) is 7.31. The van der Waals surface area contributed by atoms with Crippen LogP contribution in [0.5, 0.6) is 0 Å². The van der Waals surface area contributed by atoms with E-state index < -0.39 is 6.04 Å². The van der Waals surface area contributed by atoms with Crippen LogP contribution >= 0.6 is 11.3 Å². The molecule has 5 nitrogen and oxygen atoms in total. The molecule has 1 aliphatic heterocycles. The standard InChI is InChI=1S/C17H15N3O2S/c18-10-13-6-7-14(23-13)11-20-9-8-15(17(20)22)19-16(21)12-4-2-1-3-5-12/h1-7,15H,8-9,11H2,(H,19,21)/t15-/m0/s1. The molecule has 2 amide bonds. The van der Waals surface area contributed by atoms with Crippen LogP contribution < -0.4 is 5.32 Å². The zero-order chi connectivity index (χ0) is 16.2. The Hall–Kier alpha value is -2.65. The van der Waals surface area contributed by atoms with Gasteiger partial charge in [-0.05, 0) is 30.7 Å². The van der Waals surface area contributed by atoms with Crippen LogP contribution in [0.25, 0.3) is 0 Å². The third-order valence-electron chi connectivity index (χ3n) is 3.76. The topological polar surface area (TPSA) is 73.2 Å². The normalized spacial score (nSPS) is 17.1. The van der Waals surface area contributed by atoms with E-state index in [-0.39, 0.29) is 11.8 Å². The highest BCUT2D eigenvalue weighted by atomic mass is 32.1. The van der Waals surface area contributed by atoms with Gasteiger partial charge in [-0.2, -0.15) is 5.26 Å². The van der Waals surface area contributed by atoms with E-state index >= 15 is 0 Å². The zero-order valence-corrected chi connectivity index (χ0v) is 13.2. The molecule has 3 rings (SSSR count). The fraction of sp³-hybridized carbons (Fsp3) is 0.235. The van der Waals surface area contributed by atoms with Crippen molar-refractivity contribution in [3.8, 4) is 6.07 Å². The Labute approximate surface area is 138 Å². The number of nitriles is 1. The molecule has 0 radical (unpaired) electrons. The molecule has 0 aliphatic carbocycles. The number of benzene rings is 1. The van der Waals surface area contributed by atoms with E-state index in [9.17, 15) is 9.59 Å². The molecule has 116 valence electrons. The summed E-state index contributed by atoms with van der Waals surface area (Å²) in [5.74, 6) is -0.296. The minimum Gasteiger partial charge on any atom is -0.340 e. The fourth-order valence-corrected chi connectivity index (χ4v) is 3.39. The Morgan fingerprint density at radius 3 is 2.78 bits per heavy atom. The van der Waals surface area contributed by atoms with Gasteiger partial charge in [-0.3, -0.25) is 9.59 Å². The third-order valence-corrected chi connectivity index (χ3v) is 4.73. The van der Waals surface area contributed by atoms with Crippen molar-refractivity contribution in [1.29, 1.82) is 5.26 Å². The number of rotatable bonds is 4. The molecule has 0 saturated carbocycles. The van der Waals surface area contributed by atoms with Crippen LogP contribution in [-0.2, 0) is 11.3 Å². The smallest absolute Gasteiger partial charge is 0.251 e. The van der Waals surface area contributed by atoms with Gasteiger partial charge in [-0.15, -0.1) is 11.3 Å². The lowest BCUT2D eigenvalue weighted by molar-refractivity contribution is -0.129. The predicted molar refractivity (Wildman–Crippen MR) is 86.8 cm³/mol. The maximum absolute atomic E-state index is 12.4. The molecule has 1 N–H and O–H groups in total. The lowest BCUT2D eigenvalue weighted by atomic mass is 10.2. The lowest BCUT2D eigenvalue weighted by Gasteiger charge is -2.16. The van der Waals surface area contributed by atoms with Gasteiger partial charge >= 0.3 is 0 Å². The summed E-state index contributed by atoms with van der Waals surface area (Å²) in [7, 11) is 0. The number of carbonyl (C=O) groups is 2. The first-order valence-corrected chi connectivity index (χ1v) is 8.12. The monoisotopic (exact) mass is 325 g/mol. The molecule has 1 aliphatic rings. The quantitative estimate of drug-likeness (QED) is 0.936. The average molecular weight is 325 g/mol. The Bertz CT molecular complexity index is 764. The van der Waals surface area contributed by atoms with Crippen molar-refractivity contribution < 1.29 is 9.59 Å². The number of carbonyl (C=O) groups excluding carboxylic acids is 2. The van der Waals surface area contributed by atoms with E-state index in [0.717, 1.165) is 4.88 Å². The van der Waals surface area contributed by atoms with Gasteiger partial charge in [0, 0.05) is 17.0 Å². The van der Waals surface area contributed by atoms with Crippen LogP contribution in [0, 0.1) is 11.3 Å². The number of nitrogens with one attached hydrogen (secondary N) is 1. The van der Waals surface area contributed by atoms with Crippen LogP contribution in [-0.4, -0.2) is 29.3 Å². The number of thiophene rings is 1. The molecular weight excluding hydrogens is 310 g/mol. The highest BCUT2D eigenvalue weighted by Gasteiger charge is 2.32. The average Bonchev–Trinajstić information content (AvgIpc) is 3.17. The van der Waals surface area contributed by atoms with Gasteiger partial charge in [0.15, 0.2) is 0 Å². The molecule has 0 spiro atoms. The summed E-state index contributed by atoms with van der Waals surface area (Å²) in [6.45, 7) is 1.10. The zero-order valence-electron chi connectivity index (χ0n) is 12.4. The van der Waals surface area contributed by atoms with Gasteiger partial charge in [0.05, 0.1) is 6.54 Å². The van der Waals surface area contributed by atoms with E-state index in [2.05, 4.69) is 11.4 Å². The minimum absolute atomic E-state index is 0.0683. The summed E-state index contributed by atoms with van der Waals surface area (Å²) in [6.07, 6.45) is 0.605. The van der Waals surface area contributed by atoms with Gasteiger partial charge in [0.25, 0.3) is 5.91 Å². The van der Waals surface area contributed by atoms with Crippen LogP contribution in [0.15, 0.2) is 42.5 Å². The molecule has 1 aromatic carbocycles. The molecule has 6 heteroatoms. The summed E-state index contributed by atoms with van der Waals surface area (Å²) in [6, 6.07) is 14.1. The number of amides is 2. The van der Waals surface area contributed by atoms with Crippen LogP contribution in [0.1, 0.15) is 26.5 Å². The SMILES string of the molecule is N#Cc1ccc(CN2CC[C@H](NC(=O)c3ccccc3)C2=O)s1. The first kappa shape index (κ1) is 15.3. The highest BCUT2D eigenvalue weighted by Crippen LogP contribution is 2.21. The largest absolute Gasteiger partial charge is 0.340 e. The Morgan fingerprint density at radius 1 is 1.30 bits per heavy atom. The van der Waals surface area contributed by atoms with E-state index in [1.54, 1.807) is 35.2 Å². The van der Waals surface area contributed by atoms with Crippen molar-refractivity contribution in [3.63, 3.8) is 0 Å². The van der Waals surface area contributed by atoms with Crippen molar-refractivity contribution in [1.82, 2.24) is 10.2 Å². The summed E-state index contributed by atoms with van der Waals surface area (Å²) < 4.78 is 0. The summed E-state index contributed by atoms with van der Waals surface area (Å²) in [5.41, 5.74) is 0.552. The lowest BCUT2D eigenvalue weighted by Crippen LogP contribution is -2.41. The molecule has 1 fully saturated rings. The van der Waals surface area contributed by atoms with Crippen molar-refractivity contribution in [2.24, 2.45) is 0 Å². The Balaban J connectivity index is 1.60. The van der Waals surface area contributed by atoms with Crippen LogP contribution in [0.4, 0.5) is 0 Å². The molecular formula is C17H15N3O2S. The van der Waals surface area contributed by atoms with Gasteiger partial charge in [0.2, 0.25) is 5.91 Å². The predicted octanol–water partition coefficient (Wildman–Crippen LogP) is 2.15. The summed E-state index contributed by atoms with van der Waals surface area (Å²) in [4.78, 5) is 27.9. The number of hydrogen-bond acceptors (Lipinski definition) is 4. The van der Waals surface area contributed by atoms with Gasteiger partial charge < -0.3 is 10.2 Å². The molecule has 0 unspecified atom stereocenters. The van der Waals surface area contributed by atoms with Gasteiger partial charge in [-0.25, -0.2) is 0 Å². The second kappa shape index (κ2) is 6.63. The third kappa shape index (κ3) is 3.41. The van der Waals surface area contributed by atoms with E-state index in [1.165, 1.54) is 11.3 Å². The molecule has 2 aromatic rings. The van der Waals surface area contributed by atoms with E-state index in [1.807, 2.05) is 12.1 Å². The number of nitrogens with zero attached hydrogens (tertiary/aromatic N) is 2. The summed E-state index contributed by atoms with van der Waals surface area (Å²) >= 11 is 1.39. The van der Waals surface area contributed by atoms with Crippen LogP contribution in [0.2, 0.25) is 0 Å². The molecule has 1 atom stereocenters. The number of hydrogen-bond donors (Lipinski definition) is 1. The number of likely N-dealkylation sites (tertiary alicyclic amines) is 1. The van der Waals surface area contributed by atoms with Gasteiger partial charge in [-0.1, -0.05) is 18.2 Å². The Kier molecular flexibility index (Phi) is 4.40. The molecule has 0 bridgehead atoms. The van der Waals surface area contributed by atoms with Gasteiger partial charge in [0.1, 0.15) is 17.0 Å². The minimum atomic E-state index is -0.474. The second-order valence-electron chi connectivity index (χ2n) is 5.32. The van der Waals surface area contributed by atoms with Crippen molar-refractivity contribution in [3.05, 3.63) is 57.8 Å². The Morgan fingerprint density at radius 2 is 2.09 bits per heavy atom. The maximum atomic E-state index is 12.4. The van der Waals surface area contributed by atoms with Crippen molar-refractivity contribution >= 4 is 23.2 Å². The van der Waals surface area contributed by atoms with Crippen molar-refractivity contribution in [2.75, 3.05) is 6.54 Å². The molecule has 1 saturated heterocycles. The second-order valence-corrected chi connectivity index (χ2v) is 6.49.